The molecule has 2 aliphatic rings. The molecular formula is C9H16O2. The fourth-order valence-corrected chi connectivity index (χ4v) is 1.70. The molecule has 0 aromatic carbocycles. The number of rotatable bonds is 4. The van der Waals surface area contributed by atoms with Gasteiger partial charge in [-0.15, -0.1) is 0 Å². The average molecular weight is 156 g/mol. The third-order valence-electron chi connectivity index (χ3n) is 2.50. The predicted octanol–water partition coefficient (Wildman–Crippen LogP) is 1.33. The molecule has 2 heteroatoms. The van der Waals surface area contributed by atoms with Crippen LogP contribution in [-0.4, -0.2) is 23.4 Å². The minimum atomic E-state index is -0.456. The van der Waals surface area contributed by atoms with Crippen molar-refractivity contribution in [3.05, 3.63) is 0 Å². The van der Waals surface area contributed by atoms with Crippen molar-refractivity contribution in [2.45, 2.75) is 44.3 Å². The zero-order valence-electron chi connectivity index (χ0n) is 7.05. The SMILES string of the molecule is C[C@@](O)(CC1CC1)C[C@@H]1CO1. The second-order valence-corrected chi connectivity index (χ2v) is 4.30. The Balaban J connectivity index is 1.75. The van der Waals surface area contributed by atoms with Gasteiger partial charge in [0.1, 0.15) is 0 Å². The lowest BCUT2D eigenvalue weighted by atomic mass is 9.94. The van der Waals surface area contributed by atoms with E-state index in [-0.39, 0.29) is 0 Å². The summed E-state index contributed by atoms with van der Waals surface area (Å²) in [7, 11) is 0. The molecule has 0 aromatic rings. The van der Waals surface area contributed by atoms with E-state index in [1.165, 1.54) is 12.8 Å². The third-order valence-corrected chi connectivity index (χ3v) is 2.50. The van der Waals surface area contributed by atoms with Crippen molar-refractivity contribution in [3.8, 4) is 0 Å². The number of epoxide rings is 1. The molecule has 1 saturated heterocycles. The van der Waals surface area contributed by atoms with Crippen molar-refractivity contribution in [2.24, 2.45) is 5.92 Å². The lowest BCUT2D eigenvalue weighted by Gasteiger charge is -2.21. The second-order valence-electron chi connectivity index (χ2n) is 4.30. The molecular weight excluding hydrogens is 140 g/mol. The Bertz CT molecular complexity index is 130. The normalized spacial score (nSPS) is 34.9. The maximum absolute atomic E-state index is 9.86. The summed E-state index contributed by atoms with van der Waals surface area (Å²) in [5, 5.41) is 9.86. The van der Waals surface area contributed by atoms with Crippen LogP contribution in [0.5, 0.6) is 0 Å². The Morgan fingerprint density at radius 1 is 1.45 bits per heavy atom. The minimum Gasteiger partial charge on any atom is -0.390 e. The number of hydrogen-bond donors (Lipinski definition) is 1. The standard InChI is InChI=1S/C9H16O2/c1-9(10,4-7-2-3-7)5-8-6-11-8/h7-8,10H,2-6H2,1H3/t8-,9-/m1/s1. The number of ether oxygens (including phenoxy) is 1. The van der Waals surface area contributed by atoms with E-state index >= 15 is 0 Å². The van der Waals surface area contributed by atoms with Crippen molar-refractivity contribution >= 4 is 0 Å². The first kappa shape index (κ1) is 7.56. The van der Waals surface area contributed by atoms with Gasteiger partial charge in [-0.3, -0.25) is 0 Å². The van der Waals surface area contributed by atoms with Gasteiger partial charge in [0.15, 0.2) is 0 Å². The second kappa shape index (κ2) is 2.46. The monoisotopic (exact) mass is 156 g/mol. The summed E-state index contributed by atoms with van der Waals surface area (Å²) < 4.78 is 5.09. The highest BCUT2D eigenvalue weighted by molar-refractivity contribution is 4.88. The van der Waals surface area contributed by atoms with Gasteiger partial charge in [0, 0.05) is 6.42 Å². The molecule has 0 amide bonds. The van der Waals surface area contributed by atoms with E-state index in [1.807, 2.05) is 6.92 Å². The van der Waals surface area contributed by atoms with Crippen LogP contribution >= 0.6 is 0 Å². The van der Waals surface area contributed by atoms with Gasteiger partial charge in [-0.2, -0.15) is 0 Å². The highest BCUT2D eigenvalue weighted by atomic mass is 16.6. The van der Waals surface area contributed by atoms with E-state index in [4.69, 9.17) is 4.74 Å². The molecule has 1 aliphatic carbocycles. The Labute approximate surface area is 67.6 Å². The zero-order valence-corrected chi connectivity index (χ0v) is 7.05. The molecule has 2 rings (SSSR count). The number of aliphatic hydroxyl groups is 1. The van der Waals surface area contributed by atoms with Crippen LogP contribution in [0.2, 0.25) is 0 Å². The third kappa shape index (κ3) is 2.46. The Morgan fingerprint density at radius 3 is 2.55 bits per heavy atom. The van der Waals surface area contributed by atoms with Crippen molar-refractivity contribution < 1.29 is 9.84 Å². The molecule has 2 fully saturated rings. The summed E-state index contributed by atoms with van der Waals surface area (Å²) >= 11 is 0. The molecule has 1 N–H and O–H groups in total. The minimum absolute atomic E-state index is 0.365. The molecule has 2 nitrogen and oxygen atoms in total. The molecule has 11 heavy (non-hydrogen) atoms. The summed E-state index contributed by atoms with van der Waals surface area (Å²) in [4.78, 5) is 0. The highest BCUT2D eigenvalue weighted by Crippen LogP contribution is 2.39. The molecule has 0 spiro atoms. The summed E-state index contributed by atoms with van der Waals surface area (Å²) in [6.45, 7) is 2.80. The van der Waals surface area contributed by atoms with Crippen LogP contribution in [0.3, 0.4) is 0 Å². The quantitative estimate of drug-likeness (QED) is 0.623. The summed E-state index contributed by atoms with van der Waals surface area (Å²) in [6, 6.07) is 0. The van der Waals surface area contributed by atoms with E-state index in [2.05, 4.69) is 0 Å². The topological polar surface area (TPSA) is 32.8 Å². The lowest BCUT2D eigenvalue weighted by molar-refractivity contribution is 0.0292. The van der Waals surface area contributed by atoms with Crippen molar-refractivity contribution in [2.75, 3.05) is 6.61 Å². The Hall–Kier alpha value is -0.0800. The van der Waals surface area contributed by atoms with Gasteiger partial charge in [-0.1, -0.05) is 12.8 Å². The van der Waals surface area contributed by atoms with Crippen LogP contribution in [0.25, 0.3) is 0 Å². The fraction of sp³-hybridized carbons (Fsp3) is 1.00. The lowest BCUT2D eigenvalue weighted by Crippen LogP contribution is -2.26. The van der Waals surface area contributed by atoms with Crippen LogP contribution in [0, 0.1) is 5.92 Å². The van der Waals surface area contributed by atoms with Crippen molar-refractivity contribution in [1.82, 2.24) is 0 Å². The van der Waals surface area contributed by atoms with Gasteiger partial charge in [0.25, 0.3) is 0 Å². The van der Waals surface area contributed by atoms with Gasteiger partial charge in [0.2, 0.25) is 0 Å². The largest absolute Gasteiger partial charge is 0.390 e. The van der Waals surface area contributed by atoms with Crippen LogP contribution in [0.15, 0.2) is 0 Å². The van der Waals surface area contributed by atoms with E-state index in [9.17, 15) is 5.11 Å². The predicted molar refractivity (Wildman–Crippen MR) is 42.3 cm³/mol. The van der Waals surface area contributed by atoms with E-state index in [0.717, 1.165) is 25.4 Å². The van der Waals surface area contributed by atoms with Gasteiger partial charge in [0.05, 0.1) is 18.3 Å². The molecule has 64 valence electrons. The van der Waals surface area contributed by atoms with E-state index in [0.29, 0.717) is 6.10 Å². The number of hydrogen-bond acceptors (Lipinski definition) is 2. The van der Waals surface area contributed by atoms with Crippen LogP contribution in [0.1, 0.15) is 32.6 Å². The van der Waals surface area contributed by atoms with Crippen LogP contribution < -0.4 is 0 Å². The Morgan fingerprint density at radius 2 is 2.09 bits per heavy atom. The summed E-state index contributed by atoms with van der Waals surface area (Å²) in [5.74, 6) is 0.809. The molecule has 0 aromatic heterocycles. The average Bonchev–Trinajstić information content (AvgIpc) is 2.60. The van der Waals surface area contributed by atoms with Gasteiger partial charge in [-0.25, -0.2) is 0 Å². The maximum Gasteiger partial charge on any atom is 0.0837 e. The first-order chi connectivity index (χ1) is 5.16. The zero-order chi connectivity index (χ0) is 7.90. The van der Waals surface area contributed by atoms with Gasteiger partial charge < -0.3 is 9.84 Å². The van der Waals surface area contributed by atoms with Crippen molar-refractivity contribution in [1.29, 1.82) is 0 Å². The van der Waals surface area contributed by atoms with E-state index < -0.39 is 5.60 Å². The Kier molecular flexibility index (Phi) is 1.69. The molecule has 1 aliphatic heterocycles. The summed E-state index contributed by atoms with van der Waals surface area (Å²) in [6.07, 6.45) is 4.82. The fourth-order valence-electron chi connectivity index (χ4n) is 1.70. The molecule has 0 radical (unpaired) electrons. The summed E-state index contributed by atoms with van der Waals surface area (Å²) in [5.41, 5.74) is -0.456. The molecule has 1 heterocycles. The van der Waals surface area contributed by atoms with Crippen LogP contribution in [0.4, 0.5) is 0 Å². The van der Waals surface area contributed by atoms with Crippen LogP contribution in [-0.2, 0) is 4.74 Å². The smallest absolute Gasteiger partial charge is 0.0837 e. The first-order valence-corrected chi connectivity index (χ1v) is 4.50. The molecule has 1 saturated carbocycles. The highest BCUT2D eigenvalue weighted by Gasteiger charge is 2.37. The van der Waals surface area contributed by atoms with Gasteiger partial charge in [-0.05, 0) is 19.3 Å². The van der Waals surface area contributed by atoms with Gasteiger partial charge >= 0.3 is 0 Å². The molecule has 0 bridgehead atoms. The molecule has 0 unspecified atom stereocenters. The van der Waals surface area contributed by atoms with E-state index in [1.54, 1.807) is 0 Å². The first-order valence-electron chi connectivity index (χ1n) is 4.50. The molecule has 2 atom stereocenters. The van der Waals surface area contributed by atoms with Crippen molar-refractivity contribution in [3.63, 3.8) is 0 Å². The maximum atomic E-state index is 9.86.